The number of nitrogens with one attached hydrogen (secondary N) is 1. The fraction of sp³-hybridized carbons (Fsp3) is 0.500. The lowest BCUT2D eigenvalue weighted by atomic mass is 10.0. The molecule has 0 aliphatic carbocycles. The quantitative estimate of drug-likeness (QED) is 0.593. The monoisotopic (exact) mass is 292 g/mol. The van der Waals surface area contributed by atoms with Gasteiger partial charge in [-0.3, -0.25) is 9.59 Å². The molecule has 0 unspecified atom stereocenters. The van der Waals surface area contributed by atoms with Crippen molar-refractivity contribution in [2.75, 3.05) is 13.2 Å². The Labute approximate surface area is 125 Å². The van der Waals surface area contributed by atoms with Crippen molar-refractivity contribution in [3.05, 3.63) is 35.4 Å². The van der Waals surface area contributed by atoms with E-state index in [1.165, 1.54) is 18.4 Å². The molecule has 0 bridgehead atoms. The van der Waals surface area contributed by atoms with Gasteiger partial charge < -0.3 is 16.2 Å². The van der Waals surface area contributed by atoms with Crippen molar-refractivity contribution < 1.29 is 14.7 Å². The lowest BCUT2D eigenvalue weighted by molar-refractivity contribution is -0.123. The Morgan fingerprint density at radius 3 is 2.43 bits per heavy atom. The molecule has 1 amide bonds. The molecule has 1 rings (SSSR count). The number of ketones is 1. The summed E-state index contributed by atoms with van der Waals surface area (Å²) in [6.45, 7) is 1.51. The van der Waals surface area contributed by atoms with Gasteiger partial charge in [-0.15, -0.1) is 0 Å². The van der Waals surface area contributed by atoms with E-state index < -0.39 is 18.4 Å². The predicted octanol–water partition coefficient (Wildman–Crippen LogP) is 1.04. The molecule has 0 aliphatic heterocycles. The molecule has 0 fully saturated rings. The maximum atomic E-state index is 12.0. The first-order valence-electron chi connectivity index (χ1n) is 7.35. The summed E-state index contributed by atoms with van der Waals surface area (Å²) in [4.78, 5) is 23.4. The van der Waals surface area contributed by atoms with Gasteiger partial charge in [0.05, 0.1) is 0 Å². The van der Waals surface area contributed by atoms with Gasteiger partial charge in [-0.25, -0.2) is 0 Å². The molecule has 5 nitrogen and oxygen atoms in total. The minimum atomic E-state index is -0.841. The highest BCUT2D eigenvalue weighted by Crippen LogP contribution is 2.09. The van der Waals surface area contributed by atoms with Gasteiger partial charge >= 0.3 is 0 Å². The van der Waals surface area contributed by atoms with Gasteiger partial charge in [-0.1, -0.05) is 31.9 Å². The van der Waals surface area contributed by atoms with E-state index >= 15 is 0 Å². The van der Waals surface area contributed by atoms with Gasteiger partial charge in [-0.2, -0.15) is 0 Å². The number of aliphatic hydroxyl groups is 1. The first kappa shape index (κ1) is 17.3. The number of unbranched alkanes of at least 4 members (excludes halogenated alkanes) is 2. The van der Waals surface area contributed by atoms with Crippen LogP contribution >= 0.6 is 0 Å². The molecule has 0 radical (unpaired) electrons. The number of carbonyl (C=O) groups is 2. The van der Waals surface area contributed by atoms with Crippen molar-refractivity contribution in [1.29, 1.82) is 0 Å². The van der Waals surface area contributed by atoms with Crippen molar-refractivity contribution in [3.8, 4) is 0 Å². The highest BCUT2D eigenvalue weighted by molar-refractivity contribution is 5.98. The summed E-state index contributed by atoms with van der Waals surface area (Å²) in [5.74, 6) is -0.839. The third-order valence-corrected chi connectivity index (χ3v) is 3.37. The van der Waals surface area contributed by atoms with Crippen LogP contribution < -0.4 is 11.1 Å². The molecular formula is C16H24N2O3. The summed E-state index contributed by atoms with van der Waals surface area (Å²) in [6.07, 6.45) is 4.52. The molecule has 0 spiro atoms. The maximum Gasteiger partial charge on any atom is 0.251 e. The standard InChI is InChI=1S/C16H24N2O3/c1-2-3-4-5-12-6-8-13(9-7-12)16(21)18-14(10-17)15(20)11-19/h6-9,14,19H,2-5,10-11,17H2,1H3,(H,18,21)/t14-/m0/s1. The van der Waals surface area contributed by atoms with Gasteiger partial charge in [0.25, 0.3) is 5.91 Å². The summed E-state index contributed by atoms with van der Waals surface area (Å²) >= 11 is 0. The molecule has 0 saturated carbocycles. The minimum Gasteiger partial charge on any atom is -0.388 e. The summed E-state index contributed by atoms with van der Waals surface area (Å²) in [5, 5.41) is 11.3. The lowest BCUT2D eigenvalue weighted by Gasteiger charge is -2.14. The molecule has 0 heterocycles. The number of benzene rings is 1. The number of aliphatic hydroxyl groups excluding tert-OH is 1. The molecule has 1 atom stereocenters. The predicted molar refractivity (Wildman–Crippen MR) is 82.1 cm³/mol. The van der Waals surface area contributed by atoms with Crippen LogP contribution in [0.5, 0.6) is 0 Å². The van der Waals surface area contributed by atoms with Gasteiger partial charge in [0.1, 0.15) is 12.6 Å². The van der Waals surface area contributed by atoms with Crippen LogP contribution in [0.4, 0.5) is 0 Å². The topological polar surface area (TPSA) is 92.4 Å². The van der Waals surface area contributed by atoms with Crippen LogP contribution in [0.1, 0.15) is 42.1 Å². The Balaban J connectivity index is 2.60. The molecule has 116 valence electrons. The third-order valence-electron chi connectivity index (χ3n) is 3.37. The Hall–Kier alpha value is -1.72. The van der Waals surface area contributed by atoms with E-state index in [9.17, 15) is 9.59 Å². The smallest absolute Gasteiger partial charge is 0.251 e. The number of amides is 1. The fourth-order valence-electron chi connectivity index (χ4n) is 2.02. The molecule has 21 heavy (non-hydrogen) atoms. The van der Waals surface area contributed by atoms with E-state index in [2.05, 4.69) is 12.2 Å². The second-order valence-electron chi connectivity index (χ2n) is 5.04. The number of nitrogens with two attached hydrogens (primary N) is 1. The lowest BCUT2D eigenvalue weighted by Crippen LogP contribution is -2.46. The van der Waals surface area contributed by atoms with Crippen molar-refractivity contribution in [2.45, 2.75) is 38.6 Å². The van der Waals surface area contributed by atoms with Crippen LogP contribution in [-0.4, -0.2) is 36.0 Å². The van der Waals surface area contributed by atoms with Gasteiger partial charge in [0, 0.05) is 12.1 Å². The molecule has 1 aromatic rings. The molecular weight excluding hydrogens is 268 g/mol. The Kier molecular flexibility index (Phi) is 7.64. The van der Waals surface area contributed by atoms with E-state index in [0.29, 0.717) is 5.56 Å². The van der Waals surface area contributed by atoms with E-state index in [-0.39, 0.29) is 12.5 Å². The number of hydrogen-bond acceptors (Lipinski definition) is 4. The van der Waals surface area contributed by atoms with Crippen molar-refractivity contribution >= 4 is 11.7 Å². The summed E-state index contributed by atoms with van der Waals surface area (Å²) in [7, 11) is 0. The molecule has 1 aromatic carbocycles. The van der Waals surface area contributed by atoms with Gasteiger partial charge in [0.2, 0.25) is 0 Å². The second-order valence-corrected chi connectivity index (χ2v) is 5.04. The molecule has 0 saturated heterocycles. The van der Waals surface area contributed by atoms with Crippen molar-refractivity contribution in [2.24, 2.45) is 5.73 Å². The SMILES string of the molecule is CCCCCc1ccc(C(=O)N[C@@H](CN)C(=O)CO)cc1. The highest BCUT2D eigenvalue weighted by Gasteiger charge is 2.18. The van der Waals surface area contributed by atoms with Crippen LogP contribution in [0.25, 0.3) is 0 Å². The third kappa shape index (κ3) is 5.65. The number of hydrogen-bond donors (Lipinski definition) is 3. The fourth-order valence-corrected chi connectivity index (χ4v) is 2.02. The van der Waals surface area contributed by atoms with Gasteiger partial charge in [-0.05, 0) is 30.5 Å². The zero-order valence-electron chi connectivity index (χ0n) is 12.5. The Bertz CT molecular complexity index is 457. The summed E-state index contributed by atoms with van der Waals surface area (Å²) < 4.78 is 0. The zero-order chi connectivity index (χ0) is 15.7. The summed E-state index contributed by atoms with van der Waals surface area (Å²) in [5.41, 5.74) is 7.10. The van der Waals surface area contributed by atoms with Gasteiger partial charge in [0.15, 0.2) is 5.78 Å². The number of carbonyl (C=O) groups excluding carboxylic acids is 2. The second kappa shape index (κ2) is 9.26. The van der Waals surface area contributed by atoms with E-state index in [4.69, 9.17) is 10.8 Å². The number of rotatable bonds is 9. The largest absolute Gasteiger partial charge is 0.388 e. The Morgan fingerprint density at radius 1 is 1.24 bits per heavy atom. The normalized spacial score (nSPS) is 12.0. The van der Waals surface area contributed by atoms with Crippen LogP contribution in [0.15, 0.2) is 24.3 Å². The van der Waals surface area contributed by atoms with E-state index in [1.54, 1.807) is 12.1 Å². The highest BCUT2D eigenvalue weighted by atomic mass is 16.3. The van der Waals surface area contributed by atoms with Crippen molar-refractivity contribution in [3.63, 3.8) is 0 Å². The zero-order valence-corrected chi connectivity index (χ0v) is 12.5. The molecule has 4 N–H and O–H groups in total. The molecule has 0 aromatic heterocycles. The van der Waals surface area contributed by atoms with Crippen LogP contribution in [0.3, 0.4) is 0 Å². The molecule has 5 heteroatoms. The summed E-state index contributed by atoms with van der Waals surface area (Å²) in [6, 6.07) is 6.50. The molecule has 0 aliphatic rings. The van der Waals surface area contributed by atoms with Crippen LogP contribution in [0.2, 0.25) is 0 Å². The maximum absolute atomic E-state index is 12.0. The first-order chi connectivity index (χ1) is 10.1. The Morgan fingerprint density at radius 2 is 1.90 bits per heavy atom. The number of Topliss-reactive ketones (excluding diaryl/α,β-unsaturated/α-hetero) is 1. The average Bonchev–Trinajstić information content (AvgIpc) is 2.52. The van der Waals surface area contributed by atoms with E-state index in [0.717, 1.165) is 12.8 Å². The van der Waals surface area contributed by atoms with Crippen LogP contribution in [0, 0.1) is 0 Å². The number of aryl methyl sites for hydroxylation is 1. The van der Waals surface area contributed by atoms with Crippen LogP contribution in [-0.2, 0) is 11.2 Å². The first-order valence-corrected chi connectivity index (χ1v) is 7.35. The minimum absolute atomic E-state index is 0.0275. The van der Waals surface area contributed by atoms with E-state index in [1.807, 2.05) is 12.1 Å². The van der Waals surface area contributed by atoms with Crippen molar-refractivity contribution in [1.82, 2.24) is 5.32 Å². The average molecular weight is 292 g/mol.